The lowest BCUT2D eigenvalue weighted by Gasteiger charge is -2.31. The molecule has 1 unspecified atom stereocenters. The maximum atomic E-state index is 10.6. The van der Waals surface area contributed by atoms with Crippen molar-refractivity contribution in [1.29, 1.82) is 0 Å². The summed E-state index contributed by atoms with van der Waals surface area (Å²) in [5, 5.41) is 16.2. The second kappa shape index (κ2) is 4.44. The number of carboxylic acid groups (broad SMARTS) is 1. The van der Waals surface area contributed by atoms with Crippen molar-refractivity contribution >= 4 is 11.8 Å². The third kappa shape index (κ3) is 2.27. The smallest absolute Gasteiger partial charge is 0.356 e. The highest BCUT2D eigenvalue weighted by atomic mass is 16.5. The van der Waals surface area contributed by atoms with Gasteiger partial charge in [-0.3, -0.25) is 0 Å². The molecule has 1 fully saturated rings. The molecule has 1 aromatic rings. The van der Waals surface area contributed by atoms with Crippen molar-refractivity contribution in [1.82, 2.24) is 10.2 Å². The lowest BCUT2D eigenvalue weighted by atomic mass is 10.3. The van der Waals surface area contributed by atoms with Gasteiger partial charge in [-0.15, -0.1) is 10.2 Å². The van der Waals surface area contributed by atoms with E-state index >= 15 is 0 Å². The molecule has 0 bridgehead atoms. The lowest BCUT2D eigenvalue weighted by Crippen LogP contribution is -2.41. The fourth-order valence-corrected chi connectivity index (χ4v) is 1.63. The molecule has 0 aromatic carbocycles. The highest BCUT2D eigenvalue weighted by molar-refractivity contribution is 5.85. The largest absolute Gasteiger partial charge is 0.476 e. The van der Waals surface area contributed by atoms with E-state index in [1.807, 2.05) is 11.8 Å². The zero-order valence-corrected chi connectivity index (χ0v) is 8.96. The maximum absolute atomic E-state index is 10.6. The highest BCUT2D eigenvalue weighted by Crippen LogP contribution is 2.14. The van der Waals surface area contributed by atoms with Crippen LogP contribution < -0.4 is 4.90 Å². The summed E-state index contributed by atoms with van der Waals surface area (Å²) < 4.78 is 5.41. The molecule has 0 aliphatic carbocycles. The number of morpholine rings is 1. The molecule has 0 spiro atoms. The number of carbonyl (C=O) groups is 1. The Labute approximate surface area is 92.9 Å². The molecular formula is C10H13N3O3. The molecule has 1 atom stereocenters. The van der Waals surface area contributed by atoms with Gasteiger partial charge in [0.25, 0.3) is 0 Å². The fraction of sp³-hybridized carbons (Fsp3) is 0.500. The van der Waals surface area contributed by atoms with Gasteiger partial charge >= 0.3 is 5.97 Å². The Balaban J connectivity index is 2.11. The first-order valence-electron chi connectivity index (χ1n) is 5.10. The molecule has 0 radical (unpaired) electrons. The van der Waals surface area contributed by atoms with E-state index in [-0.39, 0.29) is 11.8 Å². The van der Waals surface area contributed by atoms with Crippen LogP contribution in [0.5, 0.6) is 0 Å². The second-order valence-corrected chi connectivity index (χ2v) is 3.71. The van der Waals surface area contributed by atoms with Crippen molar-refractivity contribution in [3.05, 3.63) is 17.8 Å². The van der Waals surface area contributed by atoms with Crippen molar-refractivity contribution in [2.24, 2.45) is 0 Å². The van der Waals surface area contributed by atoms with E-state index < -0.39 is 5.97 Å². The number of nitrogens with zero attached hydrogens (tertiary/aromatic N) is 3. The van der Waals surface area contributed by atoms with Crippen LogP contribution >= 0.6 is 0 Å². The van der Waals surface area contributed by atoms with Gasteiger partial charge in [-0.25, -0.2) is 4.79 Å². The van der Waals surface area contributed by atoms with Gasteiger partial charge < -0.3 is 14.7 Å². The lowest BCUT2D eigenvalue weighted by molar-refractivity contribution is 0.0528. The zero-order chi connectivity index (χ0) is 11.5. The Hall–Kier alpha value is -1.69. The molecule has 1 aliphatic rings. The third-order valence-corrected chi connectivity index (χ3v) is 2.43. The van der Waals surface area contributed by atoms with Gasteiger partial charge in [0.15, 0.2) is 11.5 Å². The first-order valence-corrected chi connectivity index (χ1v) is 5.10. The summed E-state index contributed by atoms with van der Waals surface area (Å²) in [5.41, 5.74) is -0.0370. The first kappa shape index (κ1) is 10.8. The molecule has 1 saturated heterocycles. The van der Waals surface area contributed by atoms with Crippen LogP contribution in [0.4, 0.5) is 5.82 Å². The first-order chi connectivity index (χ1) is 7.66. The maximum Gasteiger partial charge on any atom is 0.356 e. The molecule has 0 amide bonds. The fourth-order valence-electron chi connectivity index (χ4n) is 1.63. The number of anilines is 1. The SMILES string of the molecule is CC1CN(c2ccc(C(=O)O)nn2)CCO1. The molecule has 2 heterocycles. The topological polar surface area (TPSA) is 75.6 Å². The quantitative estimate of drug-likeness (QED) is 0.782. The van der Waals surface area contributed by atoms with Crippen molar-refractivity contribution in [2.45, 2.75) is 13.0 Å². The minimum absolute atomic E-state index is 0.0370. The van der Waals surface area contributed by atoms with E-state index in [4.69, 9.17) is 9.84 Å². The summed E-state index contributed by atoms with van der Waals surface area (Å²) in [7, 11) is 0. The number of ether oxygens (including phenoxy) is 1. The average Bonchev–Trinajstić information content (AvgIpc) is 2.29. The van der Waals surface area contributed by atoms with Crippen molar-refractivity contribution in [3.63, 3.8) is 0 Å². The van der Waals surface area contributed by atoms with Gasteiger partial charge in [0.05, 0.1) is 12.7 Å². The second-order valence-electron chi connectivity index (χ2n) is 3.71. The number of hydrogen-bond acceptors (Lipinski definition) is 5. The van der Waals surface area contributed by atoms with Crippen LogP contribution in [0.3, 0.4) is 0 Å². The Morgan fingerprint density at radius 3 is 2.94 bits per heavy atom. The Bertz CT molecular complexity index is 379. The van der Waals surface area contributed by atoms with Gasteiger partial charge in [-0.2, -0.15) is 0 Å². The summed E-state index contributed by atoms with van der Waals surface area (Å²) in [4.78, 5) is 12.6. The molecule has 0 saturated carbocycles. The van der Waals surface area contributed by atoms with Crippen molar-refractivity contribution in [3.8, 4) is 0 Å². The van der Waals surface area contributed by atoms with Crippen LogP contribution in [-0.2, 0) is 4.74 Å². The highest BCUT2D eigenvalue weighted by Gasteiger charge is 2.18. The number of aromatic nitrogens is 2. The summed E-state index contributed by atoms with van der Waals surface area (Å²) in [6.45, 7) is 4.15. The molecule has 2 rings (SSSR count). The molecular weight excluding hydrogens is 210 g/mol. The Morgan fingerprint density at radius 1 is 1.56 bits per heavy atom. The standard InChI is InChI=1S/C10H13N3O3/c1-7-6-13(4-5-16-7)9-3-2-8(10(14)15)11-12-9/h2-3,7H,4-6H2,1H3,(H,14,15). The predicted molar refractivity (Wildman–Crippen MR) is 56.6 cm³/mol. The minimum atomic E-state index is -1.06. The van der Waals surface area contributed by atoms with E-state index in [1.54, 1.807) is 6.07 Å². The molecule has 16 heavy (non-hydrogen) atoms. The molecule has 1 aliphatic heterocycles. The zero-order valence-electron chi connectivity index (χ0n) is 8.96. The Kier molecular flexibility index (Phi) is 3.00. The number of hydrogen-bond donors (Lipinski definition) is 1. The van der Waals surface area contributed by atoms with Gasteiger partial charge in [-0.05, 0) is 19.1 Å². The van der Waals surface area contributed by atoms with Crippen molar-refractivity contribution < 1.29 is 14.6 Å². The van der Waals surface area contributed by atoms with Crippen LogP contribution in [0.15, 0.2) is 12.1 Å². The third-order valence-electron chi connectivity index (χ3n) is 2.43. The van der Waals surface area contributed by atoms with Crippen LogP contribution in [0.1, 0.15) is 17.4 Å². The molecule has 6 nitrogen and oxygen atoms in total. The van der Waals surface area contributed by atoms with Gasteiger partial charge in [0.2, 0.25) is 0 Å². The summed E-state index contributed by atoms with van der Waals surface area (Å²) in [5.74, 6) is -0.366. The van der Waals surface area contributed by atoms with Crippen molar-refractivity contribution in [2.75, 3.05) is 24.6 Å². The summed E-state index contributed by atoms with van der Waals surface area (Å²) in [6.07, 6.45) is 0.162. The van der Waals surface area contributed by atoms with E-state index in [9.17, 15) is 4.79 Å². The van der Waals surface area contributed by atoms with Crippen LogP contribution in [0.2, 0.25) is 0 Å². The van der Waals surface area contributed by atoms with Crippen LogP contribution in [0.25, 0.3) is 0 Å². The average molecular weight is 223 g/mol. The van der Waals surface area contributed by atoms with Crippen LogP contribution in [-0.4, -0.2) is 47.1 Å². The van der Waals surface area contributed by atoms with Gasteiger partial charge in [-0.1, -0.05) is 0 Å². The van der Waals surface area contributed by atoms with Gasteiger partial charge in [0, 0.05) is 13.1 Å². The summed E-state index contributed by atoms with van der Waals surface area (Å²) in [6, 6.07) is 3.14. The van der Waals surface area contributed by atoms with E-state index in [0.29, 0.717) is 12.4 Å². The molecule has 6 heteroatoms. The monoisotopic (exact) mass is 223 g/mol. The Morgan fingerprint density at radius 2 is 2.38 bits per heavy atom. The van der Waals surface area contributed by atoms with E-state index in [0.717, 1.165) is 13.1 Å². The van der Waals surface area contributed by atoms with Crippen LogP contribution in [0, 0.1) is 0 Å². The number of rotatable bonds is 2. The van der Waals surface area contributed by atoms with Gasteiger partial charge in [0.1, 0.15) is 0 Å². The number of carboxylic acids is 1. The predicted octanol–water partition coefficient (Wildman–Crippen LogP) is 0.400. The van der Waals surface area contributed by atoms with E-state index in [1.165, 1.54) is 6.07 Å². The number of aromatic carboxylic acids is 1. The minimum Gasteiger partial charge on any atom is -0.476 e. The summed E-state index contributed by atoms with van der Waals surface area (Å²) >= 11 is 0. The normalized spacial score (nSPS) is 20.8. The van der Waals surface area contributed by atoms with E-state index in [2.05, 4.69) is 10.2 Å². The molecule has 1 N–H and O–H groups in total. The molecule has 86 valence electrons. The molecule has 1 aromatic heterocycles.